The quantitative estimate of drug-likeness (QED) is 0.697. The second kappa shape index (κ2) is 3.56. The lowest BCUT2D eigenvalue weighted by molar-refractivity contribution is 0.197. The standard InChI is InChI=1S/C10H20N2O/c1-10(2,3)11-9(13)12(4)7-8-5-6-8/h8H,5-7H2,1-4H3,(H,11,13). The van der Waals surface area contributed by atoms with Crippen LogP contribution in [0, 0.1) is 5.92 Å². The first kappa shape index (κ1) is 10.4. The van der Waals surface area contributed by atoms with Crippen molar-refractivity contribution >= 4 is 6.03 Å². The summed E-state index contributed by atoms with van der Waals surface area (Å²) in [5.74, 6) is 0.760. The van der Waals surface area contributed by atoms with E-state index in [0.717, 1.165) is 12.5 Å². The highest BCUT2D eigenvalue weighted by Crippen LogP contribution is 2.29. The van der Waals surface area contributed by atoms with Crippen molar-refractivity contribution in [1.29, 1.82) is 0 Å². The van der Waals surface area contributed by atoms with E-state index in [0.29, 0.717) is 0 Å². The molecule has 1 fully saturated rings. The minimum atomic E-state index is -0.130. The van der Waals surface area contributed by atoms with E-state index in [9.17, 15) is 4.79 Å². The molecule has 1 N–H and O–H groups in total. The Kier molecular flexibility index (Phi) is 2.84. The molecule has 0 aromatic heterocycles. The van der Waals surface area contributed by atoms with Crippen molar-refractivity contribution in [1.82, 2.24) is 10.2 Å². The number of rotatable bonds is 2. The minimum Gasteiger partial charge on any atom is -0.333 e. The zero-order valence-corrected chi connectivity index (χ0v) is 9.05. The SMILES string of the molecule is CN(CC1CC1)C(=O)NC(C)(C)C. The summed E-state index contributed by atoms with van der Waals surface area (Å²) in [4.78, 5) is 13.3. The van der Waals surface area contributed by atoms with Gasteiger partial charge in [0.25, 0.3) is 0 Å². The summed E-state index contributed by atoms with van der Waals surface area (Å²) in [6.07, 6.45) is 2.57. The Hall–Kier alpha value is -0.730. The van der Waals surface area contributed by atoms with Gasteiger partial charge in [0.2, 0.25) is 0 Å². The molecule has 0 aliphatic heterocycles. The molecule has 0 radical (unpaired) electrons. The smallest absolute Gasteiger partial charge is 0.317 e. The fourth-order valence-electron chi connectivity index (χ4n) is 1.19. The molecule has 76 valence electrons. The molecule has 1 rings (SSSR count). The third kappa shape index (κ3) is 4.15. The van der Waals surface area contributed by atoms with Crippen molar-refractivity contribution in [3.63, 3.8) is 0 Å². The van der Waals surface area contributed by atoms with E-state index in [-0.39, 0.29) is 11.6 Å². The van der Waals surface area contributed by atoms with Gasteiger partial charge in [-0.25, -0.2) is 4.79 Å². The van der Waals surface area contributed by atoms with Gasteiger partial charge in [-0.15, -0.1) is 0 Å². The molecule has 0 spiro atoms. The second-order valence-corrected chi connectivity index (χ2v) is 5.00. The van der Waals surface area contributed by atoms with Gasteiger partial charge in [-0.05, 0) is 39.5 Å². The predicted octanol–water partition coefficient (Wildman–Crippen LogP) is 1.84. The van der Waals surface area contributed by atoms with Crippen LogP contribution in [0.25, 0.3) is 0 Å². The van der Waals surface area contributed by atoms with Crippen LogP contribution < -0.4 is 5.32 Å². The number of hydrogen-bond donors (Lipinski definition) is 1. The van der Waals surface area contributed by atoms with Gasteiger partial charge < -0.3 is 10.2 Å². The average Bonchev–Trinajstić information content (AvgIpc) is 2.67. The Bertz CT molecular complexity index is 192. The van der Waals surface area contributed by atoms with Gasteiger partial charge >= 0.3 is 6.03 Å². The molecule has 0 aromatic carbocycles. The summed E-state index contributed by atoms with van der Waals surface area (Å²) in [6.45, 7) is 6.89. The Morgan fingerprint density at radius 3 is 2.38 bits per heavy atom. The first-order valence-electron chi connectivity index (χ1n) is 4.92. The Labute approximate surface area is 80.5 Å². The molecule has 2 amide bonds. The summed E-state index contributed by atoms with van der Waals surface area (Å²) in [5, 5.41) is 2.94. The van der Waals surface area contributed by atoms with Crippen LogP contribution in [-0.2, 0) is 0 Å². The molecule has 1 aliphatic carbocycles. The number of amides is 2. The van der Waals surface area contributed by atoms with Crippen LogP contribution in [0.4, 0.5) is 4.79 Å². The van der Waals surface area contributed by atoms with E-state index >= 15 is 0 Å². The van der Waals surface area contributed by atoms with Crippen LogP contribution in [0.15, 0.2) is 0 Å². The maximum atomic E-state index is 11.5. The molecular formula is C10H20N2O. The largest absolute Gasteiger partial charge is 0.333 e. The third-order valence-corrected chi connectivity index (χ3v) is 2.06. The van der Waals surface area contributed by atoms with Crippen LogP contribution in [-0.4, -0.2) is 30.1 Å². The van der Waals surface area contributed by atoms with Gasteiger partial charge in [0.15, 0.2) is 0 Å². The van der Waals surface area contributed by atoms with Crippen LogP contribution in [0.1, 0.15) is 33.6 Å². The van der Waals surface area contributed by atoms with E-state index in [1.807, 2.05) is 27.8 Å². The summed E-state index contributed by atoms with van der Waals surface area (Å²) >= 11 is 0. The van der Waals surface area contributed by atoms with Crippen LogP contribution in [0.3, 0.4) is 0 Å². The van der Waals surface area contributed by atoms with Gasteiger partial charge in [-0.2, -0.15) is 0 Å². The van der Waals surface area contributed by atoms with Crippen molar-refractivity contribution < 1.29 is 4.79 Å². The van der Waals surface area contributed by atoms with E-state index in [1.165, 1.54) is 12.8 Å². The van der Waals surface area contributed by atoms with Crippen LogP contribution in [0.5, 0.6) is 0 Å². The van der Waals surface area contributed by atoms with Crippen molar-refractivity contribution in [2.24, 2.45) is 5.92 Å². The highest BCUT2D eigenvalue weighted by molar-refractivity contribution is 5.74. The van der Waals surface area contributed by atoms with Gasteiger partial charge in [0.1, 0.15) is 0 Å². The van der Waals surface area contributed by atoms with Crippen LogP contribution in [0.2, 0.25) is 0 Å². The van der Waals surface area contributed by atoms with Gasteiger partial charge in [-0.3, -0.25) is 0 Å². The Balaban J connectivity index is 2.28. The van der Waals surface area contributed by atoms with Crippen molar-refractivity contribution in [3.05, 3.63) is 0 Å². The first-order valence-corrected chi connectivity index (χ1v) is 4.92. The Morgan fingerprint density at radius 1 is 1.46 bits per heavy atom. The maximum absolute atomic E-state index is 11.5. The van der Waals surface area contributed by atoms with Crippen molar-refractivity contribution in [2.45, 2.75) is 39.2 Å². The molecule has 0 aromatic rings. The normalized spacial score (nSPS) is 16.9. The summed E-state index contributed by atoms with van der Waals surface area (Å²) < 4.78 is 0. The lowest BCUT2D eigenvalue weighted by atomic mass is 10.1. The zero-order chi connectivity index (χ0) is 10.1. The summed E-state index contributed by atoms with van der Waals surface area (Å²) in [5.41, 5.74) is -0.130. The molecule has 13 heavy (non-hydrogen) atoms. The van der Waals surface area contributed by atoms with Gasteiger partial charge in [0.05, 0.1) is 0 Å². The molecule has 0 unspecified atom stereocenters. The summed E-state index contributed by atoms with van der Waals surface area (Å²) in [6, 6.07) is 0.0411. The zero-order valence-electron chi connectivity index (χ0n) is 9.05. The van der Waals surface area contributed by atoms with E-state index in [1.54, 1.807) is 4.90 Å². The average molecular weight is 184 g/mol. The Morgan fingerprint density at radius 2 is 2.00 bits per heavy atom. The van der Waals surface area contributed by atoms with Crippen molar-refractivity contribution in [3.8, 4) is 0 Å². The number of nitrogens with zero attached hydrogens (tertiary/aromatic N) is 1. The maximum Gasteiger partial charge on any atom is 0.317 e. The number of carbonyl (C=O) groups is 1. The molecule has 0 bridgehead atoms. The number of urea groups is 1. The monoisotopic (exact) mass is 184 g/mol. The van der Waals surface area contributed by atoms with Gasteiger partial charge in [-0.1, -0.05) is 0 Å². The molecule has 0 saturated heterocycles. The first-order chi connectivity index (χ1) is 5.88. The number of carbonyl (C=O) groups excluding carboxylic acids is 1. The highest BCUT2D eigenvalue weighted by atomic mass is 16.2. The lowest BCUT2D eigenvalue weighted by Gasteiger charge is -2.25. The molecule has 1 aliphatic rings. The van der Waals surface area contributed by atoms with Crippen molar-refractivity contribution in [2.75, 3.05) is 13.6 Å². The molecular weight excluding hydrogens is 164 g/mol. The second-order valence-electron chi connectivity index (χ2n) is 5.00. The lowest BCUT2D eigenvalue weighted by Crippen LogP contribution is -2.47. The molecule has 0 heterocycles. The van der Waals surface area contributed by atoms with Crippen LogP contribution >= 0.6 is 0 Å². The molecule has 3 heteroatoms. The van der Waals surface area contributed by atoms with E-state index in [4.69, 9.17) is 0 Å². The molecule has 1 saturated carbocycles. The predicted molar refractivity (Wildman–Crippen MR) is 53.6 cm³/mol. The third-order valence-electron chi connectivity index (χ3n) is 2.06. The minimum absolute atomic E-state index is 0.0411. The number of hydrogen-bond acceptors (Lipinski definition) is 1. The molecule has 0 atom stereocenters. The highest BCUT2D eigenvalue weighted by Gasteiger charge is 2.25. The summed E-state index contributed by atoms with van der Waals surface area (Å²) in [7, 11) is 1.86. The van der Waals surface area contributed by atoms with Gasteiger partial charge in [0, 0.05) is 19.1 Å². The fourth-order valence-corrected chi connectivity index (χ4v) is 1.19. The van der Waals surface area contributed by atoms with E-state index < -0.39 is 0 Å². The number of nitrogens with one attached hydrogen (secondary N) is 1. The topological polar surface area (TPSA) is 32.3 Å². The fraction of sp³-hybridized carbons (Fsp3) is 0.900. The van der Waals surface area contributed by atoms with E-state index in [2.05, 4.69) is 5.32 Å². The molecule has 3 nitrogen and oxygen atoms in total.